The number of benzene rings is 1. The number of halogens is 4. The third kappa shape index (κ3) is 2.49. The second-order valence-electron chi connectivity index (χ2n) is 3.68. The summed E-state index contributed by atoms with van der Waals surface area (Å²) in [6.45, 7) is 1.04. The van der Waals surface area contributed by atoms with Gasteiger partial charge >= 0.3 is 119 Å². The third-order valence-corrected chi connectivity index (χ3v) is 7.01. The van der Waals surface area contributed by atoms with Crippen LogP contribution in [0, 0.1) is 3.57 Å². The summed E-state index contributed by atoms with van der Waals surface area (Å²) in [5, 5.41) is 0. The minimum atomic E-state index is -5.17. The fraction of sp³-hybridized carbons (Fsp3) is 0.182. The first-order chi connectivity index (χ1) is 9.23. The molecule has 0 radical (unpaired) electrons. The molecule has 0 aromatic heterocycles. The number of hydrogen-bond donors (Lipinski definition) is 0. The molecule has 20 heavy (non-hydrogen) atoms. The summed E-state index contributed by atoms with van der Waals surface area (Å²) in [6, 6.07) is 5.79. The van der Waals surface area contributed by atoms with E-state index in [9.17, 15) is 27.6 Å². The summed E-state index contributed by atoms with van der Waals surface area (Å²) >= 11 is -3.51. The molecule has 2 amide bonds. The summed E-state index contributed by atoms with van der Waals surface area (Å²) in [7, 11) is 0. The van der Waals surface area contributed by atoms with Gasteiger partial charge in [-0.05, 0) is 0 Å². The van der Waals surface area contributed by atoms with Crippen molar-refractivity contribution < 1.29 is 30.6 Å². The maximum atomic E-state index is 12.3. The van der Waals surface area contributed by atoms with Crippen LogP contribution in [0.2, 0.25) is 0 Å². The Balaban J connectivity index is 2.41. The molecule has 1 aromatic rings. The molecule has 1 aliphatic heterocycles. The van der Waals surface area contributed by atoms with E-state index in [0.29, 0.717) is 3.11 Å². The van der Waals surface area contributed by atoms with Crippen molar-refractivity contribution in [2.45, 2.75) is 13.1 Å². The van der Waals surface area contributed by atoms with Crippen LogP contribution >= 0.6 is 20.5 Å². The van der Waals surface area contributed by atoms with Gasteiger partial charge in [0.15, 0.2) is 0 Å². The van der Waals surface area contributed by atoms with Gasteiger partial charge in [-0.2, -0.15) is 0 Å². The molecule has 0 N–H and O–H groups in total. The van der Waals surface area contributed by atoms with Crippen molar-refractivity contribution in [1.82, 2.24) is 3.11 Å². The number of amides is 2. The zero-order valence-electron chi connectivity index (χ0n) is 9.90. The van der Waals surface area contributed by atoms with Crippen molar-refractivity contribution in [2.24, 2.45) is 0 Å². The molecule has 0 fully saturated rings. The normalized spacial score (nSPS) is 16.1. The molecule has 0 aliphatic carbocycles. The molecule has 5 nitrogen and oxygen atoms in total. The molecule has 0 saturated carbocycles. The van der Waals surface area contributed by atoms with E-state index in [1.165, 1.54) is 24.3 Å². The molecule has 0 bridgehead atoms. The second-order valence-corrected chi connectivity index (χ2v) is 7.56. The van der Waals surface area contributed by atoms with Crippen LogP contribution in [0.1, 0.15) is 17.3 Å². The van der Waals surface area contributed by atoms with Crippen LogP contribution in [0.3, 0.4) is 0 Å². The molecule has 2 rings (SSSR count). The van der Waals surface area contributed by atoms with E-state index in [4.69, 9.17) is 0 Å². The van der Waals surface area contributed by atoms with Crippen LogP contribution in [0.25, 0.3) is 0 Å². The summed E-state index contributed by atoms with van der Waals surface area (Å²) in [4.78, 5) is 34.3. The van der Waals surface area contributed by atoms with Gasteiger partial charge in [0.05, 0.1) is 0 Å². The van der Waals surface area contributed by atoms with Gasteiger partial charge in [-0.15, -0.1) is 0 Å². The van der Waals surface area contributed by atoms with Crippen LogP contribution < -0.4 is 0 Å². The van der Waals surface area contributed by atoms with Crippen molar-refractivity contribution in [3.05, 3.63) is 33.4 Å². The number of alkyl halides is 3. The zero-order valence-corrected chi connectivity index (χ0v) is 12.1. The molecule has 0 saturated heterocycles. The van der Waals surface area contributed by atoms with Gasteiger partial charge in [-0.1, -0.05) is 0 Å². The van der Waals surface area contributed by atoms with Gasteiger partial charge in [0.1, 0.15) is 0 Å². The monoisotopic (exact) mass is 401 g/mol. The molecule has 1 aliphatic rings. The molecule has 108 valence electrons. The first kappa shape index (κ1) is 14.8. The van der Waals surface area contributed by atoms with Gasteiger partial charge in [0, 0.05) is 0 Å². The standard InChI is InChI=1S/C11H7F3INO4/c1-6(17)16-9(18)7-4-2-3-5-8(7)15(16)20-10(19)11(12,13)14/h2-5H,1H3. The third-order valence-electron chi connectivity index (χ3n) is 2.26. The average molecular weight is 401 g/mol. The Labute approximate surface area is 119 Å². The van der Waals surface area contributed by atoms with E-state index in [1.54, 1.807) is 0 Å². The quantitative estimate of drug-likeness (QED) is 0.536. The van der Waals surface area contributed by atoms with Gasteiger partial charge in [0.25, 0.3) is 0 Å². The summed E-state index contributed by atoms with van der Waals surface area (Å²) in [6.07, 6.45) is -5.17. The minimum absolute atomic E-state index is 0.0999. The van der Waals surface area contributed by atoms with E-state index in [0.717, 1.165) is 6.92 Å². The zero-order chi connectivity index (χ0) is 15.1. The topological polar surface area (TPSA) is 63.7 Å². The summed E-state index contributed by atoms with van der Waals surface area (Å²) in [5.41, 5.74) is 0.0999. The Morgan fingerprint density at radius 2 is 1.85 bits per heavy atom. The number of carbonyl (C=O) groups excluding carboxylic acids is 3. The Morgan fingerprint density at radius 1 is 1.25 bits per heavy atom. The van der Waals surface area contributed by atoms with Crippen LogP contribution in [-0.2, 0) is 12.7 Å². The Hall–Kier alpha value is -1.65. The van der Waals surface area contributed by atoms with Crippen molar-refractivity contribution in [3.63, 3.8) is 0 Å². The molecular weight excluding hydrogens is 394 g/mol. The second kappa shape index (κ2) is 5.04. The van der Waals surface area contributed by atoms with E-state index < -0.39 is 44.5 Å². The van der Waals surface area contributed by atoms with Gasteiger partial charge < -0.3 is 0 Å². The number of rotatable bonds is 1. The number of hydrogen-bond acceptors (Lipinski definition) is 4. The SMILES string of the molecule is CC(=O)N1C(=O)c2ccccc2I1OC(=O)C(F)(F)F. The molecule has 0 spiro atoms. The first-order valence-corrected chi connectivity index (χ1v) is 8.09. The first-order valence-electron chi connectivity index (χ1n) is 5.17. The van der Waals surface area contributed by atoms with E-state index in [2.05, 4.69) is 3.07 Å². The van der Waals surface area contributed by atoms with Gasteiger partial charge in [-0.3, -0.25) is 0 Å². The van der Waals surface area contributed by atoms with E-state index in [1.807, 2.05) is 0 Å². The molecular formula is C11H7F3INO4. The molecule has 0 atom stereocenters. The van der Waals surface area contributed by atoms with E-state index >= 15 is 0 Å². The molecule has 1 aromatic carbocycles. The van der Waals surface area contributed by atoms with Crippen LogP contribution in [0.5, 0.6) is 0 Å². The number of fused-ring (bicyclic) bond motifs is 1. The van der Waals surface area contributed by atoms with Crippen molar-refractivity contribution >= 4 is 38.3 Å². The van der Waals surface area contributed by atoms with Crippen molar-refractivity contribution in [1.29, 1.82) is 0 Å². The number of carbonyl (C=O) groups is 3. The predicted molar refractivity (Wildman–Crippen MR) is 68.2 cm³/mol. The number of nitrogens with zero attached hydrogens (tertiary/aromatic N) is 1. The maximum absolute atomic E-state index is 12.3. The predicted octanol–water partition coefficient (Wildman–Crippen LogP) is 2.30. The average Bonchev–Trinajstić information content (AvgIpc) is 2.62. The number of imide groups is 1. The summed E-state index contributed by atoms with van der Waals surface area (Å²) < 4.78 is 42.1. The van der Waals surface area contributed by atoms with Gasteiger partial charge in [0.2, 0.25) is 0 Å². The van der Waals surface area contributed by atoms with Crippen LogP contribution in [0.15, 0.2) is 24.3 Å². The van der Waals surface area contributed by atoms with E-state index in [-0.39, 0.29) is 9.13 Å². The van der Waals surface area contributed by atoms with Crippen molar-refractivity contribution in [3.8, 4) is 0 Å². The fourth-order valence-corrected chi connectivity index (χ4v) is 5.76. The van der Waals surface area contributed by atoms with Crippen LogP contribution in [-0.4, -0.2) is 27.1 Å². The Kier molecular flexibility index (Phi) is 3.71. The summed E-state index contributed by atoms with van der Waals surface area (Å²) in [5.74, 6) is -3.86. The fourth-order valence-electron chi connectivity index (χ4n) is 1.48. The molecule has 0 unspecified atom stereocenters. The van der Waals surface area contributed by atoms with Crippen LogP contribution in [0.4, 0.5) is 13.2 Å². The van der Waals surface area contributed by atoms with Crippen molar-refractivity contribution in [2.75, 3.05) is 0 Å². The van der Waals surface area contributed by atoms with Gasteiger partial charge in [-0.25, -0.2) is 0 Å². The Bertz CT molecular complexity index is 602. The molecule has 1 heterocycles. The Morgan fingerprint density at radius 3 is 2.40 bits per heavy atom. The molecule has 9 heteroatoms.